The molecule has 0 amide bonds. The Morgan fingerprint density at radius 3 is 2.56 bits per heavy atom. The number of likely N-dealkylation sites (N-methyl/N-ethyl adjacent to an activating group) is 1. The van der Waals surface area contributed by atoms with E-state index in [1.807, 2.05) is 25.2 Å². The van der Waals surface area contributed by atoms with Crippen LogP contribution in [0.2, 0.25) is 0 Å². The molecule has 0 aliphatic heterocycles. The van der Waals surface area contributed by atoms with Gasteiger partial charge < -0.3 is 10.6 Å². The van der Waals surface area contributed by atoms with Crippen molar-refractivity contribution < 1.29 is 4.84 Å². The highest BCUT2D eigenvalue weighted by molar-refractivity contribution is 9.10. The van der Waals surface area contributed by atoms with Crippen LogP contribution in [0.5, 0.6) is 0 Å². The van der Waals surface area contributed by atoms with Gasteiger partial charge in [0, 0.05) is 17.6 Å². The van der Waals surface area contributed by atoms with E-state index in [1.165, 1.54) is 0 Å². The summed E-state index contributed by atoms with van der Waals surface area (Å²) in [7, 11) is 3.56. The van der Waals surface area contributed by atoms with Crippen molar-refractivity contribution in [2.45, 2.75) is 25.4 Å². The largest absolute Gasteiger partial charge is 0.326 e. The van der Waals surface area contributed by atoms with Gasteiger partial charge in [0.15, 0.2) is 0 Å². The van der Waals surface area contributed by atoms with Gasteiger partial charge in [0.05, 0.1) is 13.2 Å². The Morgan fingerprint density at radius 1 is 1.44 bits per heavy atom. The van der Waals surface area contributed by atoms with E-state index in [2.05, 4.69) is 28.9 Å². The minimum Gasteiger partial charge on any atom is -0.326 e. The second-order valence-corrected chi connectivity index (χ2v) is 4.62. The van der Waals surface area contributed by atoms with Gasteiger partial charge in [-0.25, -0.2) is 0 Å². The summed E-state index contributed by atoms with van der Waals surface area (Å²) in [6.07, 6.45) is 0.902. The standard InChI is InChI=1S/C12H19BrN2O/c1-4-11(14)12(15(2)16-3)9-7-5-6-8-10(9)13/h5-8,11-12H,4,14H2,1-3H3. The van der Waals surface area contributed by atoms with E-state index >= 15 is 0 Å². The molecule has 0 aromatic heterocycles. The van der Waals surface area contributed by atoms with Gasteiger partial charge in [-0.1, -0.05) is 41.1 Å². The van der Waals surface area contributed by atoms with Gasteiger partial charge >= 0.3 is 0 Å². The van der Waals surface area contributed by atoms with Crippen LogP contribution in [-0.4, -0.2) is 25.3 Å². The normalized spacial score (nSPS) is 15.1. The lowest BCUT2D eigenvalue weighted by Crippen LogP contribution is -2.38. The zero-order chi connectivity index (χ0) is 12.1. The summed E-state index contributed by atoms with van der Waals surface area (Å²) in [5.41, 5.74) is 7.31. The Balaban J connectivity index is 3.06. The van der Waals surface area contributed by atoms with Crippen LogP contribution in [0.3, 0.4) is 0 Å². The molecular formula is C12H19BrN2O. The van der Waals surface area contributed by atoms with E-state index < -0.39 is 0 Å². The number of hydroxylamine groups is 2. The monoisotopic (exact) mass is 286 g/mol. The molecule has 0 saturated carbocycles. The molecule has 16 heavy (non-hydrogen) atoms. The van der Waals surface area contributed by atoms with Crippen molar-refractivity contribution in [1.82, 2.24) is 5.06 Å². The molecule has 2 N–H and O–H groups in total. The lowest BCUT2D eigenvalue weighted by atomic mass is 9.98. The smallest absolute Gasteiger partial charge is 0.0760 e. The predicted octanol–water partition coefficient (Wildman–Crippen LogP) is 2.72. The summed E-state index contributed by atoms with van der Waals surface area (Å²) in [6, 6.07) is 8.20. The highest BCUT2D eigenvalue weighted by Crippen LogP contribution is 2.29. The minimum atomic E-state index is 0.0450. The summed E-state index contributed by atoms with van der Waals surface area (Å²) >= 11 is 3.55. The van der Waals surface area contributed by atoms with Crippen molar-refractivity contribution >= 4 is 15.9 Å². The van der Waals surface area contributed by atoms with Gasteiger partial charge in [-0.05, 0) is 18.1 Å². The molecule has 2 atom stereocenters. The molecule has 1 aromatic rings. The third-order valence-electron chi connectivity index (χ3n) is 2.78. The SMILES string of the molecule is CCC(N)C(c1ccccc1Br)N(C)OC. The summed E-state index contributed by atoms with van der Waals surface area (Å²) in [4.78, 5) is 5.28. The van der Waals surface area contributed by atoms with Crippen molar-refractivity contribution in [2.24, 2.45) is 5.73 Å². The number of rotatable bonds is 5. The topological polar surface area (TPSA) is 38.5 Å². The zero-order valence-corrected chi connectivity index (χ0v) is 11.6. The molecule has 0 aliphatic rings. The molecule has 0 spiro atoms. The van der Waals surface area contributed by atoms with Crippen LogP contribution < -0.4 is 5.73 Å². The van der Waals surface area contributed by atoms with Crippen LogP contribution in [0.15, 0.2) is 28.7 Å². The Kier molecular flexibility index (Phi) is 5.41. The van der Waals surface area contributed by atoms with Gasteiger partial charge in [0.2, 0.25) is 0 Å². The van der Waals surface area contributed by atoms with Gasteiger partial charge in [-0.15, -0.1) is 0 Å². The Hall–Kier alpha value is -0.420. The van der Waals surface area contributed by atoms with E-state index in [0.29, 0.717) is 0 Å². The molecule has 0 saturated heterocycles. The van der Waals surface area contributed by atoms with Crippen LogP contribution in [0.4, 0.5) is 0 Å². The summed E-state index contributed by atoms with van der Waals surface area (Å²) < 4.78 is 1.06. The van der Waals surface area contributed by atoms with Crippen molar-refractivity contribution in [2.75, 3.05) is 14.2 Å². The maximum absolute atomic E-state index is 6.15. The average molecular weight is 287 g/mol. The molecular weight excluding hydrogens is 268 g/mol. The highest BCUT2D eigenvalue weighted by Gasteiger charge is 2.24. The third-order valence-corrected chi connectivity index (χ3v) is 3.50. The van der Waals surface area contributed by atoms with Gasteiger partial charge in [0.25, 0.3) is 0 Å². The fraction of sp³-hybridized carbons (Fsp3) is 0.500. The molecule has 0 bridgehead atoms. The van der Waals surface area contributed by atoms with E-state index in [1.54, 1.807) is 12.2 Å². The maximum atomic E-state index is 6.15. The molecule has 0 aliphatic carbocycles. The first-order valence-corrected chi connectivity index (χ1v) is 6.18. The molecule has 3 nitrogen and oxygen atoms in total. The Morgan fingerprint density at radius 2 is 2.06 bits per heavy atom. The third kappa shape index (κ3) is 3.04. The number of nitrogens with zero attached hydrogens (tertiary/aromatic N) is 1. The summed E-state index contributed by atoms with van der Waals surface area (Å²) in [5, 5.41) is 1.80. The Labute approximate surface area is 106 Å². The van der Waals surface area contributed by atoms with Crippen molar-refractivity contribution in [1.29, 1.82) is 0 Å². The van der Waals surface area contributed by atoms with Crippen LogP contribution >= 0.6 is 15.9 Å². The van der Waals surface area contributed by atoms with Crippen LogP contribution in [0, 0.1) is 0 Å². The van der Waals surface area contributed by atoms with Crippen LogP contribution in [0.1, 0.15) is 24.9 Å². The fourth-order valence-electron chi connectivity index (χ4n) is 1.75. The summed E-state index contributed by atoms with van der Waals surface area (Å²) in [5.74, 6) is 0. The lowest BCUT2D eigenvalue weighted by Gasteiger charge is -2.31. The number of hydrogen-bond donors (Lipinski definition) is 1. The lowest BCUT2D eigenvalue weighted by molar-refractivity contribution is -0.148. The fourth-order valence-corrected chi connectivity index (χ4v) is 2.27. The number of halogens is 1. The molecule has 4 heteroatoms. The van der Waals surface area contributed by atoms with Crippen molar-refractivity contribution in [3.63, 3.8) is 0 Å². The molecule has 0 fully saturated rings. The molecule has 2 unspecified atom stereocenters. The highest BCUT2D eigenvalue weighted by atomic mass is 79.9. The second-order valence-electron chi connectivity index (χ2n) is 3.77. The second kappa shape index (κ2) is 6.35. The number of benzene rings is 1. The first-order valence-electron chi connectivity index (χ1n) is 5.38. The molecule has 90 valence electrons. The quantitative estimate of drug-likeness (QED) is 0.846. The van der Waals surface area contributed by atoms with Gasteiger partial charge in [-0.3, -0.25) is 0 Å². The first kappa shape index (κ1) is 13.6. The maximum Gasteiger partial charge on any atom is 0.0760 e. The van der Waals surface area contributed by atoms with Crippen LogP contribution in [0.25, 0.3) is 0 Å². The number of nitrogens with two attached hydrogens (primary N) is 1. The van der Waals surface area contributed by atoms with E-state index in [9.17, 15) is 0 Å². The van der Waals surface area contributed by atoms with Gasteiger partial charge in [-0.2, -0.15) is 5.06 Å². The average Bonchev–Trinajstić information content (AvgIpc) is 2.31. The van der Waals surface area contributed by atoms with E-state index in [4.69, 9.17) is 10.6 Å². The van der Waals surface area contributed by atoms with Crippen LogP contribution in [-0.2, 0) is 4.84 Å². The van der Waals surface area contributed by atoms with Gasteiger partial charge in [0.1, 0.15) is 0 Å². The van der Waals surface area contributed by atoms with E-state index in [-0.39, 0.29) is 12.1 Å². The molecule has 1 rings (SSSR count). The summed E-state index contributed by atoms with van der Waals surface area (Å²) in [6.45, 7) is 2.08. The molecule has 1 aromatic carbocycles. The Bertz CT molecular complexity index is 323. The first-order chi connectivity index (χ1) is 7.61. The predicted molar refractivity (Wildman–Crippen MR) is 69.9 cm³/mol. The van der Waals surface area contributed by atoms with Crippen molar-refractivity contribution in [3.8, 4) is 0 Å². The number of hydrogen-bond acceptors (Lipinski definition) is 3. The van der Waals surface area contributed by atoms with E-state index in [0.717, 1.165) is 16.5 Å². The van der Waals surface area contributed by atoms with Crippen molar-refractivity contribution in [3.05, 3.63) is 34.3 Å². The minimum absolute atomic E-state index is 0.0450. The zero-order valence-electron chi connectivity index (χ0n) is 9.98. The molecule has 0 heterocycles. The molecule has 0 radical (unpaired) electrons.